The van der Waals surface area contributed by atoms with Crippen molar-refractivity contribution in [3.05, 3.63) is 62.4 Å². The van der Waals surface area contributed by atoms with Crippen LogP contribution in [0.3, 0.4) is 0 Å². The molecule has 4 aromatic rings. The minimum Gasteiger partial charge on any atom is -0.341 e. The summed E-state index contributed by atoms with van der Waals surface area (Å²) in [6.45, 7) is 2.07. The van der Waals surface area contributed by atoms with E-state index in [1.807, 2.05) is 0 Å². The highest BCUT2D eigenvalue weighted by Gasteiger charge is 2.29. The summed E-state index contributed by atoms with van der Waals surface area (Å²) in [4.78, 5) is 66.0. The number of hydrogen-bond acceptors (Lipinski definition) is 10. The average molecular weight is 538 g/mol. The van der Waals surface area contributed by atoms with Gasteiger partial charge < -0.3 is 4.90 Å². The first-order chi connectivity index (χ1) is 18.1. The maximum absolute atomic E-state index is 13.1. The van der Waals surface area contributed by atoms with Crippen LogP contribution < -0.4 is 11.2 Å². The lowest BCUT2D eigenvalue weighted by Gasteiger charge is -2.33. The number of nitrogens with zero attached hydrogens (tertiary/aromatic N) is 6. The number of aromatic amines is 1. The number of nitrogens with one attached hydrogen (secondary N) is 1. The summed E-state index contributed by atoms with van der Waals surface area (Å²) in [6.07, 6.45) is 4.69. The van der Waals surface area contributed by atoms with Gasteiger partial charge in [0.25, 0.3) is 11.5 Å². The van der Waals surface area contributed by atoms with E-state index < -0.39 is 27.1 Å². The normalized spacial score (nSPS) is 15.6. The summed E-state index contributed by atoms with van der Waals surface area (Å²) >= 11 is 0. The van der Waals surface area contributed by atoms with Crippen molar-refractivity contribution in [2.75, 3.05) is 19.3 Å². The van der Waals surface area contributed by atoms with Crippen molar-refractivity contribution in [3.8, 4) is 11.3 Å². The van der Waals surface area contributed by atoms with Crippen molar-refractivity contribution in [3.63, 3.8) is 0 Å². The molecule has 1 atom stereocenters. The number of H-pyrrole nitrogens is 1. The molecule has 1 saturated heterocycles. The smallest absolute Gasteiger partial charge is 0.329 e. The van der Waals surface area contributed by atoms with Crippen molar-refractivity contribution in [1.29, 1.82) is 0 Å². The van der Waals surface area contributed by atoms with E-state index in [-0.39, 0.29) is 22.4 Å². The van der Waals surface area contributed by atoms with Gasteiger partial charge >= 0.3 is 5.69 Å². The molecule has 1 N–H and O–H groups in total. The number of piperidine rings is 1. The third-order valence-electron chi connectivity index (χ3n) is 6.68. The molecule has 14 heteroatoms. The molecule has 1 aliphatic heterocycles. The molecule has 0 saturated carbocycles. The molecule has 5 rings (SSSR count). The van der Waals surface area contributed by atoms with Crippen molar-refractivity contribution >= 4 is 37.7 Å². The van der Waals surface area contributed by atoms with Crippen LogP contribution >= 0.6 is 0 Å². The van der Waals surface area contributed by atoms with Crippen molar-refractivity contribution < 1.29 is 13.2 Å². The van der Waals surface area contributed by atoms with Gasteiger partial charge in [0.1, 0.15) is 5.52 Å². The molecular weight excluding hydrogens is 514 g/mol. The number of rotatable bonds is 5. The van der Waals surface area contributed by atoms with Crippen LogP contribution in [0.2, 0.25) is 0 Å². The SMILES string of the molecule is C[C@@H](N=O)C(=O)N1CCC(n2c(=O)[nH]c(=O)c3cnc4ccc(-c5ccc(S(C)(=O)=O)nc5)nc4c32)CC1. The fraction of sp³-hybridized carbons (Fsp3) is 0.333. The monoisotopic (exact) mass is 537 g/mol. The topological polar surface area (TPSA) is 177 Å². The third-order valence-corrected chi connectivity index (χ3v) is 7.68. The first kappa shape index (κ1) is 25.3. The summed E-state index contributed by atoms with van der Waals surface area (Å²) in [5.74, 6) is -0.367. The van der Waals surface area contributed by atoms with E-state index in [0.717, 1.165) is 6.26 Å². The second-order valence-electron chi connectivity index (χ2n) is 9.21. The molecule has 1 amide bonds. The number of carbonyl (C=O) groups is 1. The minimum absolute atomic E-state index is 0.0716. The van der Waals surface area contributed by atoms with Gasteiger partial charge in [-0.2, -0.15) is 0 Å². The van der Waals surface area contributed by atoms with Crippen molar-refractivity contribution in [2.45, 2.75) is 36.9 Å². The fourth-order valence-corrected chi connectivity index (χ4v) is 5.26. The van der Waals surface area contributed by atoms with E-state index in [1.54, 1.807) is 23.1 Å². The maximum atomic E-state index is 13.1. The molecule has 0 radical (unpaired) electrons. The average Bonchev–Trinajstić information content (AvgIpc) is 2.91. The summed E-state index contributed by atoms with van der Waals surface area (Å²) in [5, 5.41) is 2.92. The standard InChI is InChI=1S/C24H23N7O6S/c1-13(29-35)23(33)30-9-7-15(8-10-30)31-21-16(22(32)28-24(31)34)12-25-18-5-4-17(27-20(18)21)14-3-6-19(26-11-14)38(2,36)37/h3-6,11-13,15H,7-10H2,1-2H3,(H,28,32,34)/t13-/m1/s1. The Labute approximate surface area is 215 Å². The molecule has 1 aliphatic rings. The molecular formula is C24H23N7O6S. The number of sulfone groups is 1. The highest BCUT2D eigenvalue weighted by atomic mass is 32.2. The minimum atomic E-state index is -3.47. The van der Waals surface area contributed by atoms with Gasteiger partial charge in [0, 0.05) is 43.3 Å². The van der Waals surface area contributed by atoms with Gasteiger partial charge in [0.05, 0.1) is 22.1 Å². The van der Waals surface area contributed by atoms with E-state index in [4.69, 9.17) is 4.98 Å². The van der Waals surface area contributed by atoms with E-state index >= 15 is 0 Å². The molecule has 1 fully saturated rings. The van der Waals surface area contributed by atoms with E-state index in [2.05, 4.69) is 20.1 Å². The Balaban J connectivity index is 1.62. The second-order valence-corrected chi connectivity index (χ2v) is 11.2. The molecule has 38 heavy (non-hydrogen) atoms. The maximum Gasteiger partial charge on any atom is 0.329 e. The molecule has 0 spiro atoms. The molecule has 4 aromatic heterocycles. The molecule has 196 valence electrons. The lowest BCUT2D eigenvalue weighted by molar-refractivity contribution is -0.133. The number of amides is 1. The number of carbonyl (C=O) groups excluding carboxylic acids is 1. The number of pyridine rings is 3. The lowest BCUT2D eigenvalue weighted by Crippen LogP contribution is -2.44. The first-order valence-corrected chi connectivity index (χ1v) is 13.7. The predicted molar refractivity (Wildman–Crippen MR) is 138 cm³/mol. The van der Waals surface area contributed by atoms with Crippen LogP contribution in [0.5, 0.6) is 0 Å². The molecule has 0 bridgehead atoms. The van der Waals surface area contributed by atoms with Crippen molar-refractivity contribution in [2.24, 2.45) is 5.18 Å². The van der Waals surface area contributed by atoms with E-state index in [0.29, 0.717) is 53.7 Å². The van der Waals surface area contributed by atoms with Gasteiger partial charge in [-0.1, -0.05) is 5.18 Å². The first-order valence-electron chi connectivity index (χ1n) is 11.8. The zero-order chi connectivity index (χ0) is 27.2. The van der Waals surface area contributed by atoms with Crippen LogP contribution in [0.4, 0.5) is 0 Å². The number of aromatic nitrogens is 5. The molecule has 0 aliphatic carbocycles. The Kier molecular flexibility index (Phi) is 6.34. The van der Waals surface area contributed by atoms with E-state index in [1.165, 1.54) is 30.0 Å². The van der Waals surface area contributed by atoms with Gasteiger partial charge in [-0.15, -0.1) is 4.91 Å². The second kappa shape index (κ2) is 9.52. The van der Waals surface area contributed by atoms with Gasteiger partial charge in [-0.3, -0.25) is 24.1 Å². The van der Waals surface area contributed by atoms with Gasteiger partial charge in [-0.05, 0) is 44.0 Å². The number of likely N-dealkylation sites (tertiary alicyclic amines) is 1. The van der Waals surface area contributed by atoms with Crippen LogP contribution in [-0.4, -0.2) is 69.1 Å². The highest BCUT2D eigenvalue weighted by molar-refractivity contribution is 7.90. The summed E-state index contributed by atoms with van der Waals surface area (Å²) in [7, 11) is -3.47. The van der Waals surface area contributed by atoms with Gasteiger partial charge in [-0.25, -0.2) is 23.2 Å². The highest BCUT2D eigenvalue weighted by Crippen LogP contribution is 2.29. The Morgan fingerprint density at radius 3 is 2.47 bits per heavy atom. The van der Waals surface area contributed by atoms with Crippen LogP contribution in [-0.2, 0) is 14.6 Å². The quantitative estimate of drug-likeness (QED) is 0.291. The van der Waals surface area contributed by atoms with E-state index in [9.17, 15) is 27.7 Å². The summed E-state index contributed by atoms with van der Waals surface area (Å²) in [6, 6.07) is 5.03. The van der Waals surface area contributed by atoms with Crippen LogP contribution in [0.1, 0.15) is 25.8 Å². The Morgan fingerprint density at radius 1 is 1.11 bits per heavy atom. The fourth-order valence-electron chi connectivity index (χ4n) is 4.70. The zero-order valence-corrected chi connectivity index (χ0v) is 21.3. The molecule has 0 unspecified atom stereocenters. The lowest BCUT2D eigenvalue weighted by atomic mass is 10.0. The number of hydrogen-bond donors (Lipinski definition) is 1. The number of fused-ring (bicyclic) bond motifs is 3. The van der Waals surface area contributed by atoms with Crippen molar-refractivity contribution in [1.82, 2.24) is 29.4 Å². The predicted octanol–water partition coefficient (Wildman–Crippen LogP) is 1.42. The van der Waals surface area contributed by atoms with Crippen LogP contribution in [0.25, 0.3) is 33.2 Å². The molecule has 0 aromatic carbocycles. The van der Waals surface area contributed by atoms with Gasteiger partial charge in [0.15, 0.2) is 20.9 Å². The third kappa shape index (κ3) is 4.47. The molecule has 13 nitrogen and oxygen atoms in total. The zero-order valence-electron chi connectivity index (χ0n) is 20.5. The summed E-state index contributed by atoms with van der Waals surface area (Å²) in [5.41, 5.74) is 0.898. The van der Waals surface area contributed by atoms with Gasteiger partial charge in [0.2, 0.25) is 0 Å². The van der Waals surface area contributed by atoms with Crippen LogP contribution in [0, 0.1) is 4.91 Å². The largest absolute Gasteiger partial charge is 0.341 e. The molecule has 5 heterocycles. The number of nitroso groups, excluding NO2 is 1. The Bertz CT molecular complexity index is 1810. The van der Waals surface area contributed by atoms with Crippen LogP contribution in [0.15, 0.2) is 56.5 Å². The Hall–Kier alpha value is -4.33. The Morgan fingerprint density at radius 2 is 1.84 bits per heavy atom. The summed E-state index contributed by atoms with van der Waals surface area (Å²) < 4.78 is 25.0.